The van der Waals surface area contributed by atoms with Gasteiger partial charge in [-0.25, -0.2) is 8.42 Å². The quantitative estimate of drug-likeness (QED) is 0.219. The Morgan fingerprint density at radius 3 is 0.848 bits per heavy atom. The van der Waals surface area contributed by atoms with E-state index < -0.39 is 35.1 Å². The number of methoxy groups -OCH3 is 1. The number of sulfone groups is 1. The van der Waals surface area contributed by atoms with E-state index in [9.17, 15) is 8.42 Å². The smallest absolute Gasteiger partial charge is 0.331 e. The van der Waals surface area contributed by atoms with E-state index in [-0.39, 0.29) is 44.6 Å². The fraction of sp³-hybridized carbons (Fsp3) is 1.00. The Balaban J connectivity index is -0.0000000213. The fourth-order valence-corrected chi connectivity index (χ4v) is 2.74. The first kappa shape index (κ1) is 91.2. The molecule has 46 heavy (non-hydrogen) atoms. The molecule has 0 unspecified atom stereocenters. The second-order valence-electron chi connectivity index (χ2n) is 10.4. The van der Waals surface area contributed by atoms with Gasteiger partial charge in [-0.2, -0.15) is 11.8 Å². The standard InChI is InChI=1S/C6H16OSi.C4H14N2Si.C4H12O2Si.C3H9N.C2H7N.C2H6O2S.C2H6O.C2H6S.6CH4/c1-5-6-8(3,4)7-2;2*1-5-7(3,4)6-2;1-4(2)3;1-3-2;1-5(2,3)4;2*1-3-2;;;;;;/h5-6H2,1-4H3;5-6H,1-4H3;1-4H3;1-3H3;3H,1-2H3;1-2H3;2*1-2H3;6*1H4. The molecule has 0 radical (unpaired) electrons. The number of hydrogen-bond donors (Lipinski definition) is 3. The Labute approximate surface area is 305 Å². The molecule has 0 aromatic rings. The third-order valence-electron chi connectivity index (χ3n) is 3.64. The van der Waals surface area contributed by atoms with Crippen molar-refractivity contribution in [2.75, 3.05) is 110 Å². The van der Waals surface area contributed by atoms with E-state index in [0.717, 1.165) is 12.5 Å². The molecule has 304 valence electrons. The number of nitrogens with one attached hydrogen (secondary N) is 3. The molecular weight excluding hydrogens is 673 g/mol. The van der Waals surface area contributed by atoms with E-state index >= 15 is 0 Å². The van der Waals surface area contributed by atoms with Crippen molar-refractivity contribution in [2.45, 2.75) is 103 Å². The largest absolute Gasteiger partial charge is 0.420 e. The van der Waals surface area contributed by atoms with Gasteiger partial charge in [0.25, 0.3) is 0 Å². The van der Waals surface area contributed by atoms with Crippen molar-refractivity contribution in [3.8, 4) is 0 Å². The maximum atomic E-state index is 9.63. The molecule has 0 aromatic heterocycles. The fourth-order valence-electron chi connectivity index (χ4n) is 0.912. The second-order valence-corrected chi connectivity index (χ2v) is 25.8. The van der Waals surface area contributed by atoms with Crippen LogP contribution in [0.4, 0.5) is 0 Å². The van der Waals surface area contributed by atoms with Crippen molar-refractivity contribution < 1.29 is 26.4 Å². The molecule has 0 saturated carbocycles. The molecule has 0 atom stereocenters. The molecule has 0 saturated heterocycles. The molecule has 0 aliphatic carbocycles. The van der Waals surface area contributed by atoms with Gasteiger partial charge in [0.1, 0.15) is 9.84 Å². The Morgan fingerprint density at radius 1 is 0.652 bits per heavy atom. The average molecular weight is 774 g/mol. The minimum absolute atomic E-state index is 0. The molecule has 0 aromatic carbocycles. The van der Waals surface area contributed by atoms with Crippen molar-refractivity contribution in [3.05, 3.63) is 0 Å². The Bertz CT molecular complexity index is 495. The zero-order chi connectivity index (χ0) is 34.6. The molecule has 0 bridgehead atoms. The predicted molar refractivity (Wildman–Crippen MR) is 235 cm³/mol. The van der Waals surface area contributed by atoms with Gasteiger partial charge >= 0.3 is 8.56 Å². The average Bonchev–Trinajstić information content (AvgIpc) is 2.80. The van der Waals surface area contributed by atoms with E-state index in [1.165, 1.54) is 12.5 Å². The summed E-state index contributed by atoms with van der Waals surface area (Å²) in [6.07, 6.45) is 7.66. The molecule has 0 aliphatic rings. The van der Waals surface area contributed by atoms with Crippen LogP contribution in [-0.2, 0) is 27.9 Å². The summed E-state index contributed by atoms with van der Waals surface area (Å²) in [5.41, 5.74) is 0. The Hall–Kier alpha value is 0.631. The SMILES string of the molecule is C.C.C.C.C.C.CCC[Si](C)(C)OC.CN(C)C.CNC.CN[Si](C)(C)NC.COC.CO[Si](C)(C)OC.CS(C)(=O)=O.CSC. The highest BCUT2D eigenvalue weighted by Gasteiger charge is 2.19. The summed E-state index contributed by atoms with van der Waals surface area (Å²) in [6, 6.07) is 1.28. The van der Waals surface area contributed by atoms with Gasteiger partial charge in [-0.05, 0) is 107 Å². The van der Waals surface area contributed by atoms with Gasteiger partial charge in [0.15, 0.2) is 16.7 Å². The third-order valence-corrected chi connectivity index (χ3v) is 10.9. The minimum Gasteiger partial charge on any atom is -0.420 e. The van der Waals surface area contributed by atoms with E-state index in [1.54, 1.807) is 40.2 Å². The van der Waals surface area contributed by atoms with Crippen molar-refractivity contribution in [2.24, 2.45) is 0 Å². The zero-order valence-corrected chi connectivity index (χ0v) is 35.8. The first-order valence-electron chi connectivity index (χ1n) is 13.0. The number of thioether (sulfide) groups is 1. The van der Waals surface area contributed by atoms with E-state index in [2.05, 4.69) is 53.1 Å². The van der Waals surface area contributed by atoms with Crippen molar-refractivity contribution in [3.63, 3.8) is 0 Å². The van der Waals surface area contributed by atoms with Gasteiger partial charge in [-0.3, -0.25) is 0 Å². The zero-order valence-electron chi connectivity index (χ0n) is 31.1. The van der Waals surface area contributed by atoms with Crippen molar-refractivity contribution in [1.82, 2.24) is 20.2 Å². The van der Waals surface area contributed by atoms with Crippen LogP contribution in [0.25, 0.3) is 0 Å². The summed E-state index contributed by atoms with van der Waals surface area (Å²) in [5, 5.41) is 2.75. The number of hydrogen-bond acceptors (Lipinski definition) is 11. The third kappa shape index (κ3) is 220. The van der Waals surface area contributed by atoms with Crippen LogP contribution in [0.15, 0.2) is 0 Å². The monoisotopic (exact) mass is 773 g/mol. The van der Waals surface area contributed by atoms with Crippen LogP contribution in [0, 0.1) is 0 Å². The van der Waals surface area contributed by atoms with Crippen LogP contribution >= 0.6 is 11.8 Å². The van der Waals surface area contributed by atoms with Crippen molar-refractivity contribution >= 4 is 46.9 Å². The summed E-state index contributed by atoms with van der Waals surface area (Å²) >= 11 is 1.75. The van der Waals surface area contributed by atoms with Crippen LogP contribution in [0.3, 0.4) is 0 Å². The number of rotatable bonds is 7. The molecule has 3 N–H and O–H groups in total. The van der Waals surface area contributed by atoms with Gasteiger partial charge in [0.05, 0.1) is 0 Å². The van der Waals surface area contributed by atoms with Gasteiger partial charge in [0.2, 0.25) is 0 Å². The van der Waals surface area contributed by atoms with Gasteiger partial charge in [-0.15, -0.1) is 0 Å². The van der Waals surface area contributed by atoms with Gasteiger partial charge < -0.3 is 38.2 Å². The topological polar surface area (TPSA) is 110 Å². The Kier molecular flexibility index (Phi) is 127. The lowest BCUT2D eigenvalue weighted by molar-refractivity contribution is 0.258. The van der Waals surface area contributed by atoms with Crippen LogP contribution < -0.4 is 15.3 Å². The normalized spacial score (nSPS) is 8.96. The van der Waals surface area contributed by atoms with E-state index in [0.29, 0.717) is 0 Å². The van der Waals surface area contributed by atoms with Crippen LogP contribution in [0.5, 0.6) is 0 Å². The van der Waals surface area contributed by atoms with Gasteiger partial charge in [0, 0.05) is 48.1 Å². The van der Waals surface area contributed by atoms with Gasteiger partial charge in [-0.1, -0.05) is 57.9 Å². The predicted octanol–water partition coefficient (Wildman–Crippen LogP) is 8.09. The van der Waals surface area contributed by atoms with E-state index in [1.807, 2.05) is 86.9 Å². The molecule has 0 spiro atoms. The number of ether oxygens (including phenoxy) is 1. The summed E-state index contributed by atoms with van der Waals surface area (Å²) < 4.78 is 38.8. The van der Waals surface area contributed by atoms with Crippen molar-refractivity contribution in [1.29, 1.82) is 0 Å². The van der Waals surface area contributed by atoms with Crippen LogP contribution in [-0.4, -0.2) is 148 Å². The molecule has 0 rings (SSSR count). The molecular formula is C31H100N4O6S2Si3. The highest BCUT2D eigenvalue weighted by Crippen LogP contribution is 2.10. The molecule has 0 aliphatic heterocycles. The van der Waals surface area contributed by atoms with E-state index in [4.69, 9.17) is 13.3 Å². The number of nitrogens with zero attached hydrogens (tertiary/aromatic N) is 1. The highest BCUT2D eigenvalue weighted by molar-refractivity contribution is 7.97. The van der Waals surface area contributed by atoms with Crippen LogP contribution in [0.2, 0.25) is 45.3 Å². The summed E-state index contributed by atoms with van der Waals surface area (Å²) in [4.78, 5) is 8.44. The maximum absolute atomic E-state index is 9.63. The molecule has 0 fully saturated rings. The maximum Gasteiger partial charge on any atom is 0.331 e. The minimum atomic E-state index is -2.67. The lowest BCUT2D eigenvalue weighted by Crippen LogP contribution is -2.54. The van der Waals surface area contributed by atoms with Crippen LogP contribution in [0.1, 0.15) is 57.9 Å². The summed E-state index contributed by atoms with van der Waals surface area (Å²) in [7, 11) is 15.5. The molecule has 10 nitrogen and oxygen atoms in total. The molecule has 15 heteroatoms. The lowest BCUT2D eigenvalue weighted by atomic mass is 10.6. The molecule has 0 heterocycles. The second kappa shape index (κ2) is 64.2. The summed E-state index contributed by atoms with van der Waals surface area (Å²) in [5.74, 6) is 0. The lowest BCUT2D eigenvalue weighted by Gasteiger charge is -2.18. The first-order chi connectivity index (χ1) is 17.8. The Morgan fingerprint density at radius 2 is 0.826 bits per heavy atom. The first-order valence-corrected chi connectivity index (χ1v) is 25.9. The summed E-state index contributed by atoms with van der Waals surface area (Å²) in [6.45, 7) is 15.1. The molecule has 0 amide bonds. The highest BCUT2D eigenvalue weighted by atomic mass is 32.2.